The molecule has 0 saturated heterocycles. The molecule has 7 heteroatoms. The Bertz CT molecular complexity index is 559. The summed E-state index contributed by atoms with van der Waals surface area (Å²) in [6.45, 7) is 3.37. The molecule has 0 spiro atoms. The highest BCUT2D eigenvalue weighted by Gasteiger charge is 2.19. The minimum absolute atomic E-state index is 0.0287. The van der Waals surface area contributed by atoms with E-state index in [1.165, 1.54) is 20.2 Å². The van der Waals surface area contributed by atoms with Crippen molar-refractivity contribution in [2.75, 3.05) is 44.4 Å². The minimum Gasteiger partial charge on any atom is -0.397 e. The van der Waals surface area contributed by atoms with Gasteiger partial charge in [-0.25, -0.2) is 12.7 Å². The van der Waals surface area contributed by atoms with Crippen molar-refractivity contribution in [1.29, 1.82) is 0 Å². The molecule has 120 valence electrons. The summed E-state index contributed by atoms with van der Waals surface area (Å²) in [5.74, 6) is 0. The predicted octanol–water partition coefficient (Wildman–Crippen LogP) is 1.12. The first-order valence-corrected chi connectivity index (χ1v) is 8.46. The van der Waals surface area contributed by atoms with E-state index in [1.54, 1.807) is 12.1 Å². The molecule has 3 N–H and O–H groups in total. The molecule has 0 aliphatic heterocycles. The second kappa shape index (κ2) is 7.63. The number of aliphatic hydroxyl groups is 1. The van der Waals surface area contributed by atoms with Crippen molar-refractivity contribution < 1.29 is 13.5 Å². The van der Waals surface area contributed by atoms with Gasteiger partial charge in [0.05, 0.1) is 22.9 Å². The zero-order valence-electron chi connectivity index (χ0n) is 12.9. The second-order valence-electron chi connectivity index (χ2n) is 5.07. The maximum absolute atomic E-state index is 12.1. The van der Waals surface area contributed by atoms with E-state index in [-0.39, 0.29) is 11.5 Å². The number of rotatable bonds is 8. The number of nitrogens with zero attached hydrogens (tertiary/aromatic N) is 2. The van der Waals surface area contributed by atoms with Crippen LogP contribution in [0.25, 0.3) is 0 Å². The number of hydrogen-bond donors (Lipinski definition) is 2. The molecule has 0 amide bonds. The molecule has 0 fully saturated rings. The summed E-state index contributed by atoms with van der Waals surface area (Å²) >= 11 is 0. The van der Waals surface area contributed by atoms with Crippen LogP contribution in [0.2, 0.25) is 0 Å². The normalized spacial score (nSPS) is 11.9. The molecule has 0 unspecified atom stereocenters. The van der Waals surface area contributed by atoms with Gasteiger partial charge < -0.3 is 15.7 Å². The molecule has 0 aliphatic rings. The van der Waals surface area contributed by atoms with E-state index in [0.717, 1.165) is 29.4 Å². The summed E-state index contributed by atoms with van der Waals surface area (Å²) in [5, 5.41) is 9.16. The van der Waals surface area contributed by atoms with Gasteiger partial charge >= 0.3 is 0 Å². The van der Waals surface area contributed by atoms with E-state index in [9.17, 15) is 8.42 Å². The third kappa shape index (κ3) is 4.33. The molecule has 21 heavy (non-hydrogen) atoms. The number of anilines is 2. The molecule has 1 rings (SSSR count). The molecular weight excluding hydrogens is 290 g/mol. The Kier molecular flexibility index (Phi) is 6.44. The molecule has 6 nitrogen and oxygen atoms in total. The summed E-state index contributed by atoms with van der Waals surface area (Å²) in [5.41, 5.74) is 7.18. The van der Waals surface area contributed by atoms with E-state index in [1.807, 2.05) is 4.90 Å². The van der Waals surface area contributed by atoms with Gasteiger partial charge in [-0.1, -0.05) is 13.3 Å². The van der Waals surface area contributed by atoms with Crippen molar-refractivity contribution in [2.45, 2.75) is 24.7 Å². The number of aliphatic hydroxyl groups excluding tert-OH is 1. The Hall–Kier alpha value is -1.31. The van der Waals surface area contributed by atoms with Crippen LogP contribution in [-0.2, 0) is 10.0 Å². The van der Waals surface area contributed by atoms with E-state index >= 15 is 0 Å². The third-order valence-electron chi connectivity index (χ3n) is 3.27. The Morgan fingerprint density at radius 2 is 1.90 bits per heavy atom. The van der Waals surface area contributed by atoms with Crippen LogP contribution in [0, 0.1) is 0 Å². The fourth-order valence-corrected chi connectivity index (χ4v) is 2.95. The Balaban J connectivity index is 3.11. The van der Waals surface area contributed by atoms with E-state index in [0.29, 0.717) is 12.2 Å². The van der Waals surface area contributed by atoms with Gasteiger partial charge in [0.1, 0.15) is 0 Å². The number of nitrogens with two attached hydrogens (primary N) is 1. The largest absolute Gasteiger partial charge is 0.397 e. The summed E-state index contributed by atoms with van der Waals surface area (Å²) in [4.78, 5) is 2.15. The minimum atomic E-state index is -3.49. The van der Waals surface area contributed by atoms with Crippen molar-refractivity contribution in [3.63, 3.8) is 0 Å². The average Bonchev–Trinajstić information content (AvgIpc) is 2.43. The van der Waals surface area contributed by atoms with Gasteiger partial charge in [-0.2, -0.15) is 0 Å². The van der Waals surface area contributed by atoms with Gasteiger partial charge in [-0.3, -0.25) is 0 Å². The Morgan fingerprint density at radius 1 is 1.24 bits per heavy atom. The van der Waals surface area contributed by atoms with Gasteiger partial charge in [0, 0.05) is 27.2 Å². The van der Waals surface area contributed by atoms with Crippen LogP contribution in [0.3, 0.4) is 0 Å². The SMILES string of the molecule is CCCCN(CCO)c1ccc(S(=O)(=O)N(C)C)cc1N. The first-order chi connectivity index (χ1) is 9.84. The molecule has 1 aromatic carbocycles. The predicted molar refractivity (Wildman–Crippen MR) is 85.9 cm³/mol. The molecule has 0 atom stereocenters. The maximum atomic E-state index is 12.1. The lowest BCUT2D eigenvalue weighted by Crippen LogP contribution is -2.29. The molecule has 0 bridgehead atoms. The standard InChI is InChI=1S/C14H25N3O3S/c1-4-5-8-17(9-10-18)14-7-6-12(11-13(14)15)21(19,20)16(2)3/h6-7,11,18H,4-5,8-10,15H2,1-3H3. The Morgan fingerprint density at radius 3 is 2.38 bits per heavy atom. The lowest BCUT2D eigenvalue weighted by atomic mass is 10.2. The molecule has 0 aliphatic carbocycles. The summed E-state index contributed by atoms with van der Waals surface area (Å²) in [6.07, 6.45) is 2.02. The summed E-state index contributed by atoms with van der Waals surface area (Å²) < 4.78 is 25.3. The van der Waals surface area contributed by atoms with E-state index in [4.69, 9.17) is 10.8 Å². The van der Waals surface area contributed by atoms with Crippen LogP contribution in [0.1, 0.15) is 19.8 Å². The van der Waals surface area contributed by atoms with Crippen molar-refractivity contribution in [2.24, 2.45) is 0 Å². The van der Waals surface area contributed by atoms with Crippen LogP contribution in [0.5, 0.6) is 0 Å². The fraction of sp³-hybridized carbons (Fsp3) is 0.571. The molecule has 1 aromatic rings. The van der Waals surface area contributed by atoms with Crippen LogP contribution in [0.4, 0.5) is 11.4 Å². The summed E-state index contributed by atoms with van der Waals surface area (Å²) in [6, 6.07) is 4.73. The van der Waals surface area contributed by atoms with Crippen molar-refractivity contribution >= 4 is 21.4 Å². The number of benzene rings is 1. The van der Waals surface area contributed by atoms with Gasteiger partial charge in [-0.15, -0.1) is 0 Å². The van der Waals surface area contributed by atoms with E-state index in [2.05, 4.69) is 6.92 Å². The molecule has 0 aromatic heterocycles. The highest BCUT2D eigenvalue weighted by Crippen LogP contribution is 2.27. The molecule has 0 saturated carbocycles. The van der Waals surface area contributed by atoms with Crippen molar-refractivity contribution in [3.05, 3.63) is 18.2 Å². The summed E-state index contributed by atoms with van der Waals surface area (Å²) in [7, 11) is -0.516. The van der Waals surface area contributed by atoms with Crippen LogP contribution in [0.15, 0.2) is 23.1 Å². The first kappa shape index (κ1) is 17.7. The lowest BCUT2D eigenvalue weighted by molar-refractivity contribution is 0.301. The second-order valence-corrected chi connectivity index (χ2v) is 7.22. The van der Waals surface area contributed by atoms with Crippen molar-refractivity contribution in [3.8, 4) is 0 Å². The van der Waals surface area contributed by atoms with Gasteiger partial charge in [0.2, 0.25) is 10.0 Å². The average molecular weight is 315 g/mol. The highest BCUT2D eigenvalue weighted by atomic mass is 32.2. The van der Waals surface area contributed by atoms with Gasteiger partial charge in [0.15, 0.2) is 0 Å². The number of unbranched alkanes of at least 4 members (excludes halogenated alkanes) is 1. The molecule has 0 heterocycles. The number of hydrogen-bond acceptors (Lipinski definition) is 5. The van der Waals surface area contributed by atoms with Crippen LogP contribution < -0.4 is 10.6 Å². The van der Waals surface area contributed by atoms with Crippen LogP contribution >= 0.6 is 0 Å². The Labute approximate surface area is 127 Å². The smallest absolute Gasteiger partial charge is 0.242 e. The third-order valence-corrected chi connectivity index (χ3v) is 5.08. The number of nitrogen functional groups attached to an aromatic ring is 1. The van der Waals surface area contributed by atoms with Gasteiger partial charge in [-0.05, 0) is 24.6 Å². The zero-order chi connectivity index (χ0) is 16.0. The molecular formula is C14H25N3O3S. The first-order valence-electron chi connectivity index (χ1n) is 7.02. The molecule has 0 radical (unpaired) electrons. The zero-order valence-corrected chi connectivity index (χ0v) is 13.7. The maximum Gasteiger partial charge on any atom is 0.242 e. The lowest BCUT2D eigenvalue weighted by Gasteiger charge is -2.25. The van der Waals surface area contributed by atoms with E-state index < -0.39 is 10.0 Å². The highest BCUT2D eigenvalue weighted by molar-refractivity contribution is 7.89. The van der Waals surface area contributed by atoms with Gasteiger partial charge in [0.25, 0.3) is 0 Å². The number of sulfonamides is 1. The van der Waals surface area contributed by atoms with Crippen molar-refractivity contribution in [1.82, 2.24) is 4.31 Å². The topological polar surface area (TPSA) is 86.9 Å². The van der Waals surface area contributed by atoms with Crippen LogP contribution in [-0.4, -0.2) is 51.6 Å². The monoisotopic (exact) mass is 315 g/mol. The fourth-order valence-electron chi connectivity index (χ4n) is 2.01. The quantitative estimate of drug-likeness (QED) is 0.702.